The van der Waals surface area contributed by atoms with Crippen LogP contribution in [0.3, 0.4) is 0 Å². The van der Waals surface area contributed by atoms with Crippen molar-refractivity contribution in [2.75, 3.05) is 0 Å². The molecule has 4 rings (SSSR count). The van der Waals surface area contributed by atoms with E-state index in [2.05, 4.69) is 34.3 Å². The summed E-state index contributed by atoms with van der Waals surface area (Å²) in [5.74, 6) is 0.574. The molecule has 3 aromatic rings. The predicted molar refractivity (Wildman–Crippen MR) is 113 cm³/mol. The number of nitrogens with zero attached hydrogens (tertiary/aromatic N) is 2. The fourth-order valence-electron chi connectivity index (χ4n) is 3.56. The van der Waals surface area contributed by atoms with Gasteiger partial charge in [0.2, 0.25) is 0 Å². The van der Waals surface area contributed by atoms with Crippen molar-refractivity contribution in [3.05, 3.63) is 72.1 Å². The highest BCUT2D eigenvalue weighted by atomic mass is 16.5. The molecule has 29 heavy (non-hydrogen) atoms. The smallest absolute Gasteiger partial charge is 0.321 e. The Labute approximate surface area is 171 Å². The van der Waals surface area contributed by atoms with E-state index in [9.17, 15) is 4.79 Å². The highest BCUT2D eigenvalue weighted by Gasteiger charge is 2.16. The minimum absolute atomic E-state index is 0.0258. The van der Waals surface area contributed by atoms with Crippen molar-refractivity contribution in [1.82, 2.24) is 15.3 Å². The summed E-state index contributed by atoms with van der Waals surface area (Å²) in [6.07, 6.45) is 9.30. The monoisotopic (exact) mass is 387 g/mol. The van der Waals surface area contributed by atoms with Crippen LogP contribution in [0.2, 0.25) is 0 Å². The quantitative estimate of drug-likeness (QED) is 0.645. The van der Waals surface area contributed by atoms with Crippen LogP contribution in [0, 0.1) is 6.92 Å². The van der Waals surface area contributed by atoms with Gasteiger partial charge in [-0.3, -0.25) is 4.79 Å². The second-order valence-electron chi connectivity index (χ2n) is 7.56. The van der Waals surface area contributed by atoms with Gasteiger partial charge in [-0.05, 0) is 49.6 Å². The van der Waals surface area contributed by atoms with Crippen LogP contribution in [0.4, 0.5) is 0 Å². The first-order valence-electron chi connectivity index (χ1n) is 10.2. The number of amides is 1. The number of benzene rings is 2. The third-order valence-corrected chi connectivity index (χ3v) is 5.28. The Bertz CT molecular complexity index is 945. The summed E-state index contributed by atoms with van der Waals surface area (Å²) in [6.45, 7) is 2.06. The van der Waals surface area contributed by atoms with Gasteiger partial charge in [0.1, 0.15) is 5.75 Å². The van der Waals surface area contributed by atoms with Crippen LogP contribution in [0.5, 0.6) is 11.8 Å². The number of ether oxygens (including phenoxy) is 1. The molecule has 148 valence electrons. The highest BCUT2D eigenvalue weighted by Crippen LogP contribution is 2.22. The van der Waals surface area contributed by atoms with Crippen LogP contribution in [0.1, 0.15) is 48.0 Å². The molecule has 0 bridgehead atoms. The molecule has 2 aromatic carbocycles. The Balaban J connectivity index is 1.37. The molecule has 1 heterocycles. The molecule has 5 heteroatoms. The van der Waals surface area contributed by atoms with E-state index < -0.39 is 0 Å². The number of hydrogen-bond acceptors (Lipinski definition) is 4. The molecule has 1 aliphatic rings. The number of hydrogen-bond donors (Lipinski definition) is 1. The maximum Gasteiger partial charge on any atom is 0.321 e. The van der Waals surface area contributed by atoms with E-state index in [4.69, 9.17) is 4.74 Å². The molecular weight excluding hydrogens is 362 g/mol. The molecule has 1 fully saturated rings. The Kier molecular flexibility index (Phi) is 5.84. The first-order valence-corrected chi connectivity index (χ1v) is 10.2. The fraction of sp³-hybridized carbons (Fsp3) is 0.292. The lowest BCUT2D eigenvalue weighted by Gasteiger charge is -2.22. The first-order chi connectivity index (χ1) is 14.2. The molecule has 0 radical (unpaired) electrons. The number of aryl methyl sites for hydroxylation is 1. The Morgan fingerprint density at radius 3 is 2.21 bits per heavy atom. The summed E-state index contributed by atoms with van der Waals surface area (Å²) < 4.78 is 5.72. The number of rotatable bonds is 5. The number of aromatic nitrogens is 2. The van der Waals surface area contributed by atoms with Gasteiger partial charge in [0, 0.05) is 29.6 Å². The minimum atomic E-state index is -0.0258. The van der Waals surface area contributed by atoms with Gasteiger partial charge >= 0.3 is 6.01 Å². The lowest BCUT2D eigenvalue weighted by atomic mass is 9.95. The number of nitrogens with one attached hydrogen (secondary N) is 1. The van der Waals surface area contributed by atoms with Gasteiger partial charge in [0.15, 0.2) is 0 Å². The number of carbonyl (C=O) groups is 1. The summed E-state index contributed by atoms with van der Waals surface area (Å²) in [6, 6.07) is 15.9. The van der Waals surface area contributed by atoms with Crippen molar-refractivity contribution < 1.29 is 9.53 Å². The second-order valence-corrected chi connectivity index (χ2v) is 7.56. The summed E-state index contributed by atoms with van der Waals surface area (Å²) in [5.41, 5.74) is 3.85. The molecule has 0 unspecified atom stereocenters. The zero-order chi connectivity index (χ0) is 20.1. The Morgan fingerprint density at radius 2 is 1.55 bits per heavy atom. The van der Waals surface area contributed by atoms with E-state index >= 15 is 0 Å². The van der Waals surface area contributed by atoms with Gasteiger partial charge < -0.3 is 10.1 Å². The van der Waals surface area contributed by atoms with E-state index in [1.54, 1.807) is 36.7 Å². The summed E-state index contributed by atoms with van der Waals surface area (Å²) in [5, 5.41) is 3.13. The van der Waals surface area contributed by atoms with Gasteiger partial charge in [-0.2, -0.15) is 0 Å². The van der Waals surface area contributed by atoms with Gasteiger partial charge in [0.05, 0.1) is 0 Å². The Hall–Kier alpha value is -3.21. The molecule has 1 amide bonds. The fourth-order valence-corrected chi connectivity index (χ4v) is 3.56. The molecule has 0 spiro atoms. The Morgan fingerprint density at radius 1 is 0.897 bits per heavy atom. The molecule has 1 aliphatic carbocycles. The molecule has 1 N–H and O–H groups in total. The van der Waals surface area contributed by atoms with Gasteiger partial charge in [-0.15, -0.1) is 0 Å². The lowest BCUT2D eigenvalue weighted by Crippen LogP contribution is -2.36. The van der Waals surface area contributed by atoms with Crippen molar-refractivity contribution in [1.29, 1.82) is 0 Å². The topological polar surface area (TPSA) is 64.1 Å². The summed E-state index contributed by atoms with van der Waals surface area (Å²) >= 11 is 0. The largest absolute Gasteiger partial charge is 0.424 e. The van der Waals surface area contributed by atoms with Crippen molar-refractivity contribution in [3.63, 3.8) is 0 Å². The van der Waals surface area contributed by atoms with Crippen molar-refractivity contribution in [2.24, 2.45) is 0 Å². The van der Waals surface area contributed by atoms with E-state index in [1.165, 1.54) is 24.8 Å². The maximum absolute atomic E-state index is 12.4. The zero-order valence-electron chi connectivity index (χ0n) is 16.6. The van der Waals surface area contributed by atoms with Crippen molar-refractivity contribution in [2.45, 2.75) is 45.1 Å². The first kappa shape index (κ1) is 19.1. The molecule has 0 aliphatic heterocycles. The van der Waals surface area contributed by atoms with Crippen LogP contribution in [-0.4, -0.2) is 21.9 Å². The molecule has 0 atom stereocenters. The molecule has 0 saturated heterocycles. The van der Waals surface area contributed by atoms with Crippen LogP contribution < -0.4 is 10.1 Å². The van der Waals surface area contributed by atoms with Crippen molar-refractivity contribution >= 4 is 5.91 Å². The van der Waals surface area contributed by atoms with E-state index in [0.717, 1.165) is 24.0 Å². The zero-order valence-corrected chi connectivity index (χ0v) is 16.6. The highest BCUT2D eigenvalue weighted by molar-refractivity contribution is 5.94. The van der Waals surface area contributed by atoms with Gasteiger partial charge in [0.25, 0.3) is 5.91 Å². The SMILES string of the molecule is Cc1ccc(-c2cnc(Oc3ccc(C(=O)NC4CCCCC4)cc3)nc2)cc1. The van der Waals surface area contributed by atoms with Crippen LogP contribution in [0.15, 0.2) is 60.9 Å². The standard InChI is InChI=1S/C24H25N3O2/c1-17-7-9-18(10-8-17)20-15-25-24(26-16-20)29-22-13-11-19(12-14-22)23(28)27-21-5-3-2-4-6-21/h7-16,21H,2-6H2,1H3,(H,27,28). The average molecular weight is 387 g/mol. The van der Waals surface area contributed by atoms with E-state index in [0.29, 0.717) is 17.4 Å². The van der Waals surface area contributed by atoms with E-state index in [1.807, 2.05) is 12.1 Å². The summed E-state index contributed by atoms with van der Waals surface area (Å²) in [7, 11) is 0. The van der Waals surface area contributed by atoms with Crippen molar-refractivity contribution in [3.8, 4) is 22.9 Å². The van der Waals surface area contributed by atoms with Gasteiger partial charge in [-0.1, -0.05) is 49.1 Å². The third-order valence-electron chi connectivity index (χ3n) is 5.28. The maximum atomic E-state index is 12.4. The minimum Gasteiger partial charge on any atom is -0.424 e. The van der Waals surface area contributed by atoms with E-state index in [-0.39, 0.29) is 11.9 Å². The predicted octanol–water partition coefficient (Wildman–Crippen LogP) is 5.31. The summed E-state index contributed by atoms with van der Waals surface area (Å²) in [4.78, 5) is 21.0. The molecule has 1 saturated carbocycles. The third kappa shape index (κ3) is 4.99. The van der Waals surface area contributed by atoms with Gasteiger partial charge in [-0.25, -0.2) is 9.97 Å². The molecular formula is C24H25N3O2. The molecule has 1 aromatic heterocycles. The van der Waals surface area contributed by atoms with Crippen LogP contribution in [0.25, 0.3) is 11.1 Å². The number of carbonyl (C=O) groups excluding carboxylic acids is 1. The normalized spacial score (nSPS) is 14.4. The molecule has 5 nitrogen and oxygen atoms in total. The van der Waals surface area contributed by atoms with Crippen LogP contribution >= 0.6 is 0 Å². The average Bonchev–Trinajstić information content (AvgIpc) is 2.76. The van der Waals surface area contributed by atoms with Crippen LogP contribution in [-0.2, 0) is 0 Å². The second kappa shape index (κ2) is 8.86. The lowest BCUT2D eigenvalue weighted by molar-refractivity contribution is 0.0927.